The van der Waals surface area contributed by atoms with E-state index in [1.54, 1.807) is 18.2 Å². The van der Waals surface area contributed by atoms with Crippen molar-refractivity contribution in [3.8, 4) is 11.1 Å². The molecule has 0 aliphatic carbocycles. The van der Waals surface area contributed by atoms with Crippen molar-refractivity contribution in [1.82, 2.24) is 0 Å². The Hall–Kier alpha value is -2.64. The second-order valence-corrected chi connectivity index (χ2v) is 11.6. The summed E-state index contributed by atoms with van der Waals surface area (Å²) in [5, 5.41) is 16.9. The Balaban J connectivity index is 2.06. The zero-order valence-electron chi connectivity index (χ0n) is 22.3. The number of ether oxygens (including phenoxy) is 1. The smallest absolute Gasteiger partial charge is 0.338 e. The molecule has 37 heavy (non-hydrogen) atoms. The number of sulfonamides is 1. The number of hydrogen-bond acceptors (Lipinski definition) is 5. The van der Waals surface area contributed by atoms with Crippen LogP contribution in [0.25, 0.3) is 11.1 Å². The van der Waals surface area contributed by atoms with Crippen LogP contribution in [0, 0.1) is 0 Å². The average molecular weight is 528 g/mol. The minimum Gasteiger partial charge on any atom is -0.512 e. The Morgan fingerprint density at radius 2 is 1.49 bits per heavy atom. The Bertz CT molecular complexity index is 1210. The summed E-state index contributed by atoms with van der Waals surface area (Å²) in [6, 6.07) is 14.0. The molecule has 7 heteroatoms. The van der Waals surface area contributed by atoms with Gasteiger partial charge >= 0.3 is 5.97 Å². The van der Waals surface area contributed by atoms with Gasteiger partial charge in [0.15, 0.2) is 0 Å². The minimum absolute atomic E-state index is 0.0209. The molecule has 1 atom stereocenters. The lowest BCUT2D eigenvalue weighted by molar-refractivity contribution is -0.161. The first-order valence-electron chi connectivity index (χ1n) is 13.5. The van der Waals surface area contributed by atoms with E-state index < -0.39 is 27.5 Å². The number of primary sulfonamides is 1. The van der Waals surface area contributed by atoms with E-state index in [1.165, 1.54) is 6.07 Å². The van der Waals surface area contributed by atoms with Gasteiger partial charge in [-0.1, -0.05) is 88.9 Å². The molecule has 3 N–H and O–H groups in total. The number of aliphatic hydroxyl groups is 1. The van der Waals surface area contributed by atoms with Crippen LogP contribution in [0.3, 0.4) is 0 Å². The molecule has 3 rings (SSSR count). The van der Waals surface area contributed by atoms with Gasteiger partial charge in [0.05, 0.1) is 10.5 Å². The van der Waals surface area contributed by atoms with E-state index in [1.807, 2.05) is 31.2 Å². The zero-order chi connectivity index (χ0) is 27.1. The van der Waals surface area contributed by atoms with Crippen molar-refractivity contribution in [2.24, 2.45) is 5.14 Å². The number of hydrogen-bond donors (Lipinski definition) is 2. The Morgan fingerprint density at radius 1 is 0.919 bits per heavy atom. The summed E-state index contributed by atoms with van der Waals surface area (Å²) in [5.74, 6) is -0.842. The summed E-state index contributed by atoms with van der Waals surface area (Å²) in [6.45, 7) is 6.23. The predicted molar refractivity (Wildman–Crippen MR) is 148 cm³/mol. The second-order valence-electron chi connectivity index (χ2n) is 10.1. The van der Waals surface area contributed by atoms with Crippen molar-refractivity contribution < 1.29 is 23.1 Å². The number of carbonyl (C=O) groups is 1. The molecule has 202 valence electrons. The van der Waals surface area contributed by atoms with E-state index in [-0.39, 0.29) is 16.2 Å². The highest BCUT2D eigenvalue weighted by atomic mass is 32.2. The van der Waals surface area contributed by atoms with E-state index in [0.29, 0.717) is 24.0 Å². The van der Waals surface area contributed by atoms with Crippen molar-refractivity contribution in [3.05, 3.63) is 65.4 Å². The van der Waals surface area contributed by atoms with Gasteiger partial charge < -0.3 is 9.84 Å². The molecule has 2 aromatic rings. The van der Waals surface area contributed by atoms with E-state index in [9.17, 15) is 18.3 Å². The SMILES string of the molecule is CCCCCC1(CCCCC)CC(O)=C(C(CC)c2ccccc2-c2ccccc2S(N)(=O)=O)C(=O)O1. The van der Waals surface area contributed by atoms with E-state index in [4.69, 9.17) is 9.88 Å². The maximum atomic E-state index is 13.6. The van der Waals surface area contributed by atoms with Gasteiger partial charge in [0, 0.05) is 17.9 Å². The van der Waals surface area contributed by atoms with Crippen LogP contribution in [-0.2, 0) is 19.6 Å². The third-order valence-corrected chi connectivity index (χ3v) is 8.35. The Labute approximate surface area is 222 Å². The van der Waals surface area contributed by atoms with Gasteiger partial charge in [-0.05, 0) is 49.3 Å². The van der Waals surface area contributed by atoms with Crippen molar-refractivity contribution >= 4 is 16.0 Å². The van der Waals surface area contributed by atoms with E-state index in [2.05, 4.69) is 13.8 Å². The molecule has 0 bridgehead atoms. The summed E-state index contributed by atoms with van der Waals surface area (Å²) < 4.78 is 30.9. The molecule has 2 aromatic carbocycles. The molecule has 0 saturated heterocycles. The highest BCUT2D eigenvalue weighted by Crippen LogP contribution is 2.44. The number of nitrogens with two attached hydrogens (primary N) is 1. The first-order chi connectivity index (χ1) is 17.7. The van der Waals surface area contributed by atoms with Gasteiger partial charge in [-0.2, -0.15) is 0 Å². The van der Waals surface area contributed by atoms with Crippen molar-refractivity contribution in [1.29, 1.82) is 0 Å². The molecule has 0 spiro atoms. The topological polar surface area (TPSA) is 107 Å². The zero-order valence-corrected chi connectivity index (χ0v) is 23.1. The van der Waals surface area contributed by atoms with Crippen LogP contribution in [0.5, 0.6) is 0 Å². The fraction of sp³-hybridized carbons (Fsp3) is 0.500. The molecule has 6 nitrogen and oxygen atoms in total. The van der Waals surface area contributed by atoms with Crippen LogP contribution < -0.4 is 5.14 Å². The van der Waals surface area contributed by atoms with Crippen LogP contribution in [0.2, 0.25) is 0 Å². The number of benzene rings is 2. The first kappa shape index (κ1) is 28.9. The summed E-state index contributed by atoms with van der Waals surface area (Å²) in [4.78, 5) is 13.6. The van der Waals surface area contributed by atoms with Crippen LogP contribution in [0.1, 0.15) is 96.5 Å². The lowest BCUT2D eigenvalue weighted by Gasteiger charge is -2.39. The molecule has 0 amide bonds. The fourth-order valence-electron chi connectivity index (χ4n) is 5.51. The maximum absolute atomic E-state index is 13.6. The highest BCUT2D eigenvalue weighted by Gasteiger charge is 2.43. The Morgan fingerprint density at radius 3 is 2.03 bits per heavy atom. The minimum atomic E-state index is -3.97. The third kappa shape index (κ3) is 6.82. The van der Waals surface area contributed by atoms with Gasteiger partial charge in [0.1, 0.15) is 11.4 Å². The summed E-state index contributed by atoms with van der Waals surface area (Å²) in [7, 11) is -3.97. The quantitative estimate of drug-likeness (QED) is 0.212. The highest BCUT2D eigenvalue weighted by molar-refractivity contribution is 7.89. The van der Waals surface area contributed by atoms with Gasteiger partial charge in [-0.15, -0.1) is 0 Å². The van der Waals surface area contributed by atoms with Crippen LogP contribution >= 0.6 is 0 Å². The van der Waals surface area contributed by atoms with Gasteiger partial charge in [0.25, 0.3) is 0 Å². The number of cyclic esters (lactones) is 1. The molecular formula is C30H41NO5S. The molecule has 1 aliphatic rings. The second kappa shape index (κ2) is 12.7. The molecule has 0 aromatic heterocycles. The van der Waals surface area contributed by atoms with Gasteiger partial charge in [-0.25, -0.2) is 18.4 Å². The van der Waals surface area contributed by atoms with Gasteiger partial charge in [-0.3, -0.25) is 0 Å². The molecular weight excluding hydrogens is 486 g/mol. The first-order valence-corrected chi connectivity index (χ1v) is 15.1. The molecule has 1 heterocycles. The molecule has 1 aliphatic heterocycles. The molecule has 0 fully saturated rings. The largest absolute Gasteiger partial charge is 0.512 e. The lowest BCUT2D eigenvalue weighted by atomic mass is 9.78. The van der Waals surface area contributed by atoms with Crippen molar-refractivity contribution in [2.45, 2.75) is 101 Å². The van der Waals surface area contributed by atoms with Crippen LogP contribution in [0.4, 0.5) is 0 Å². The van der Waals surface area contributed by atoms with E-state index >= 15 is 0 Å². The molecule has 0 radical (unpaired) electrons. The number of esters is 1. The van der Waals surface area contributed by atoms with Gasteiger partial charge in [0.2, 0.25) is 10.0 Å². The monoisotopic (exact) mass is 527 g/mol. The number of carbonyl (C=O) groups excluding carboxylic acids is 1. The summed E-state index contributed by atoms with van der Waals surface area (Å²) in [6.07, 6.45) is 8.46. The van der Waals surface area contributed by atoms with Crippen LogP contribution in [-0.4, -0.2) is 25.1 Å². The average Bonchev–Trinajstić information content (AvgIpc) is 2.86. The maximum Gasteiger partial charge on any atom is 0.338 e. The summed E-state index contributed by atoms with van der Waals surface area (Å²) >= 11 is 0. The molecule has 1 unspecified atom stereocenters. The third-order valence-electron chi connectivity index (χ3n) is 7.38. The van der Waals surface area contributed by atoms with Crippen molar-refractivity contribution in [3.63, 3.8) is 0 Å². The lowest BCUT2D eigenvalue weighted by Crippen LogP contribution is -2.41. The number of rotatable bonds is 13. The van der Waals surface area contributed by atoms with E-state index in [0.717, 1.165) is 56.9 Å². The normalized spacial score (nSPS) is 16.5. The number of unbranched alkanes of at least 4 members (excludes halogenated alkanes) is 4. The standard InChI is InChI=1S/C30H41NO5S/c1-4-7-13-19-30(20-14-8-5-2)21-26(32)28(29(33)36-30)22(6-3)23-15-9-10-16-24(23)25-17-11-12-18-27(25)37(31,34)35/h9-12,15-18,22,32H,4-8,13-14,19-21H2,1-3H3,(H2,31,34,35). The van der Waals surface area contributed by atoms with Crippen LogP contribution in [0.15, 0.2) is 64.8 Å². The number of aliphatic hydroxyl groups excluding tert-OH is 1. The summed E-state index contributed by atoms with van der Waals surface area (Å²) in [5.41, 5.74) is 1.48. The van der Waals surface area contributed by atoms with Crippen molar-refractivity contribution in [2.75, 3.05) is 0 Å². The predicted octanol–water partition coefficient (Wildman–Crippen LogP) is 7.15. The fourth-order valence-corrected chi connectivity index (χ4v) is 6.26. The molecule has 0 saturated carbocycles. The Kier molecular flexibility index (Phi) is 9.96.